The number of carboxylic acid groups (broad SMARTS) is 1. The molecule has 3 aromatic rings. The van der Waals surface area contributed by atoms with E-state index in [1.165, 1.54) is 25.9 Å². The number of aromatic nitrogens is 1. The van der Waals surface area contributed by atoms with E-state index in [0.29, 0.717) is 24.3 Å². The summed E-state index contributed by atoms with van der Waals surface area (Å²) in [4.78, 5) is 31.8. The maximum absolute atomic E-state index is 13.6. The molecule has 5 rings (SSSR count). The van der Waals surface area contributed by atoms with Gasteiger partial charge >= 0.3 is 5.97 Å². The number of nitrogens with zero attached hydrogens (tertiary/aromatic N) is 4. The van der Waals surface area contributed by atoms with Crippen LogP contribution in [0.4, 0.5) is 5.69 Å². The number of anilines is 1. The fourth-order valence-electron chi connectivity index (χ4n) is 5.60. The molecule has 0 atom stereocenters. The van der Waals surface area contributed by atoms with Gasteiger partial charge in [0.25, 0.3) is 5.91 Å². The highest BCUT2D eigenvalue weighted by Gasteiger charge is 2.28. The molecule has 196 valence electrons. The number of piperazine rings is 1. The summed E-state index contributed by atoms with van der Waals surface area (Å²) >= 11 is 0. The predicted octanol–water partition coefficient (Wildman–Crippen LogP) is 3.63. The molecular formula is C29H36N4O4. The summed E-state index contributed by atoms with van der Waals surface area (Å²) < 4.78 is 7.78. The van der Waals surface area contributed by atoms with Crippen molar-refractivity contribution in [2.45, 2.75) is 25.7 Å². The molecule has 0 saturated carbocycles. The normalized spacial score (nSPS) is 16.5. The minimum Gasteiger partial charge on any atom is -0.494 e. The second-order valence-electron chi connectivity index (χ2n) is 9.99. The summed E-state index contributed by atoms with van der Waals surface area (Å²) in [5.41, 5.74) is 3.06. The number of benzene rings is 2. The molecule has 1 amide bonds. The van der Waals surface area contributed by atoms with E-state index < -0.39 is 5.97 Å². The molecule has 0 aliphatic carbocycles. The van der Waals surface area contributed by atoms with Gasteiger partial charge in [-0.3, -0.25) is 9.59 Å². The number of fused-ring (bicyclic) bond motifs is 1. The van der Waals surface area contributed by atoms with E-state index in [1.807, 2.05) is 52.9 Å². The molecule has 2 saturated heterocycles. The first-order chi connectivity index (χ1) is 18.0. The molecule has 37 heavy (non-hydrogen) atoms. The molecular weight excluding hydrogens is 468 g/mol. The standard InChI is InChI=1S/C29H36N4O4/c1-30-25-8-3-2-7-24(25)28(26(30)21-27(34)35)29(36)33-18-16-32(17-19-33)22-9-11-23(12-10-22)37-20-6-15-31-13-4-5-14-31/h2-3,7-12H,4-6,13-21H2,1H3,(H,34,35). The lowest BCUT2D eigenvalue weighted by molar-refractivity contribution is -0.136. The Balaban J connectivity index is 1.18. The molecule has 3 heterocycles. The first-order valence-corrected chi connectivity index (χ1v) is 13.3. The van der Waals surface area contributed by atoms with Crippen LogP contribution in [-0.2, 0) is 18.3 Å². The van der Waals surface area contributed by atoms with Crippen molar-refractivity contribution in [2.24, 2.45) is 7.05 Å². The number of aryl methyl sites for hydroxylation is 1. The van der Waals surface area contributed by atoms with Crippen molar-refractivity contribution in [3.05, 3.63) is 59.8 Å². The Labute approximate surface area is 218 Å². The number of likely N-dealkylation sites (tertiary alicyclic amines) is 1. The fourth-order valence-corrected chi connectivity index (χ4v) is 5.60. The third kappa shape index (κ3) is 5.59. The van der Waals surface area contributed by atoms with Gasteiger partial charge in [-0.2, -0.15) is 0 Å². The Morgan fingerprint density at radius 1 is 0.919 bits per heavy atom. The van der Waals surface area contributed by atoms with E-state index in [2.05, 4.69) is 21.9 Å². The van der Waals surface area contributed by atoms with E-state index in [4.69, 9.17) is 4.74 Å². The van der Waals surface area contributed by atoms with Crippen molar-refractivity contribution < 1.29 is 19.4 Å². The molecule has 2 aliphatic heterocycles. The number of rotatable bonds is 9. The van der Waals surface area contributed by atoms with E-state index in [1.54, 1.807) is 0 Å². The van der Waals surface area contributed by atoms with Crippen LogP contribution in [0.5, 0.6) is 5.75 Å². The Bertz CT molecular complexity index is 1240. The van der Waals surface area contributed by atoms with E-state index in [9.17, 15) is 14.7 Å². The van der Waals surface area contributed by atoms with Gasteiger partial charge in [0, 0.05) is 62.1 Å². The van der Waals surface area contributed by atoms with Crippen molar-refractivity contribution in [3.8, 4) is 5.75 Å². The lowest BCUT2D eigenvalue weighted by Crippen LogP contribution is -2.49. The molecule has 2 fully saturated rings. The minimum absolute atomic E-state index is 0.0922. The van der Waals surface area contributed by atoms with Crippen LogP contribution >= 0.6 is 0 Å². The highest BCUT2D eigenvalue weighted by molar-refractivity contribution is 6.09. The van der Waals surface area contributed by atoms with Gasteiger partial charge in [-0.25, -0.2) is 0 Å². The third-order valence-electron chi connectivity index (χ3n) is 7.62. The van der Waals surface area contributed by atoms with Crippen LogP contribution in [0.1, 0.15) is 35.3 Å². The molecule has 0 spiro atoms. The van der Waals surface area contributed by atoms with Crippen LogP contribution < -0.4 is 9.64 Å². The number of ether oxygens (including phenoxy) is 1. The van der Waals surface area contributed by atoms with Gasteiger partial charge in [0.15, 0.2) is 0 Å². The lowest BCUT2D eigenvalue weighted by atomic mass is 10.1. The smallest absolute Gasteiger partial charge is 0.309 e. The van der Waals surface area contributed by atoms with Gasteiger partial charge in [-0.1, -0.05) is 18.2 Å². The Kier molecular flexibility index (Phi) is 7.65. The minimum atomic E-state index is -0.941. The largest absolute Gasteiger partial charge is 0.494 e. The molecule has 1 aromatic heterocycles. The van der Waals surface area contributed by atoms with Gasteiger partial charge in [-0.05, 0) is 62.7 Å². The number of carboxylic acids is 1. The van der Waals surface area contributed by atoms with Crippen LogP contribution in [0.3, 0.4) is 0 Å². The Morgan fingerprint density at radius 3 is 2.32 bits per heavy atom. The topological polar surface area (TPSA) is 78.2 Å². The van der Waals surface area contributed by atoms with Crippen LogP contribution in [0, 0.1) is 0 Å². The van der Waals surface area contributed by atoms with Crippen molar-refractivity contribution in [3.63, 3.8) is 0 Å². The van der Waals surface area contributed by atoms with Gasteiger partial charge in [0.2, 0.25) is 0 Å². The van der Waals surface area contributed by atoms with Crippen LogP contribution in [0.15, 0.2) is 48.5 Å². The first-order valence-electron chi connectivity index (χ1n) is 13.3. The summed E-state index contributed by atoms with van der Waals surface area (Å²) in [7, 11) is 1.83. The zero-order chi connectivity index (χ0) is 25.8. The molecule has 0 bridgehead atoms. The van der Waals surface area contributed by atoms with Gasteiger partial charge in [-0.15, -0.1) is 0 Å². The first kappa shape index (κ1) is 25.1. The maximum Gasteiger partial charge on any atom is 0.309 e. The van der Waals surface area contributed by atoms with E-state index in [0.717, 1.165) is 55.0 Å². The molecule has 2 aliphatic rings. The third-order valence-corrected chi connectivity index (χ3v) is 7.62. The summed E-state index contributed by atoms with van der Waals surface area (Å²) in [6, 6.07) is 15.9. The fraction of sp³-hybridized carbons (Fsp3) is 0.448. The van der Waals surface area contributed by atoms with Crippen LogP contribution in [0.2, 0.25) is 0 Å². The van der Waals surface area contributed by atoms with Gasteiger partial charge in [0.05, 0.1) is 18.6 Å². The van der Waals surface area contributed by atoms with Crippen molar-refractivity contribution >= 4 is 28.5 Å². The van der Waals surface area contributed by atoms with E-state index in [-0.39, 0.29) is 12.3 Å². The number of amides is 1. The van der Waals surface area contributed by atoms with E-state index >= 15 is 0 Å². The molecule has 2 aromatic carbocycles. The van der Waals surface area contributed by atoms with Crippen molar-refractivity contribution in [1.82, 2.24) is 14.4 Å². The molecule has 0 radical (unpaired) electrons. The number of hydrogen-bond acceptors (Lipinski definition) is 5. The molecule has 8 heteroatoms. The number of para-hydroxylation sites is 1. The molecule has 1 N–H and O–H groups in total. The lowest BCUT2D eigenvalue weighted by Gasteiger charge is -2.36. The van der Waals surface area contributed by atoms with Gasteiger partial charge < -0.3 is 29.1 Å². The monoisotopic (exact) mass is 504 g/mol. The average Bonchev–Trinajstić information content (AvgIpc) is 3.53. The summed E-state index contributed by atoms with van der Waals surface area (Å²) in [5, 5.41) is 10.3. The summed E-state index contributed by atoms with van der Waals surface area (Å²) in [6.45, 7) is 6.90. The maximum atomic E-state index is 13.6. The highest BCUT2D eigenvalue weighted by atomic mass is 16.5. The zero-order valence-electron chi connectivity index (χ0n) is 21.6. The second kappa shape index (κ2) is 11.3. The second-order valence-corrected chi connectivity index (χ2v) is 9.99. The number of hydrogen-bond donors (Lipinski definition) is 1. The Hall–Kier alpha value is -3.52. The number of carbonyl (C=O) groups is 2. The molecule has 8 nitrogen and oxygen atoms in total. The van der Waals surface area contributed by atoms with Crippen molar-refractivity contribution in [1.29, 1.82) is 0 Å². The number of aliphatic carboxylic acids is 1. The van der Waals surface area contributed by atoms with Gasteiger partial charge in [0.1, 0.15) is 5.75 Å². The highest BCUT2D eigenvalue weighted by Crippen LogP contribution is 2.28. The van der Waals surface area contributed by atoms with Crippen LogP contribution in [-0.4, -0.2) is 83.8 Å². The molecule has 0 unspecified atom stereocenters. The predicted molar refractivity (Wildman–Crippen MR) is 145 cm³/mol. The Morgan fingerprint density at radius 2 is 1.62 bits per heavy atom. The summed E-state index contributed by atoms with van der Waals surface area (Å²) in [6.07, 6.45) is 3.50. The zero-order valence-corrected chi connectivity index (χ0v) is 21.6. The van der Waals surface area contributed by atoms with Crippen molar-refractivity contribution in [2.75, 3.05) is 57.3 Å². The SMILES string of the molecule is Cn1c(CC(=O)O)c(C(=O)N2CCN(c3ccc(OCCCN4CCCC4)cc3)CC2)c2ccccc21. The average molecular weight is 505 g/mol. The quantitative estimate of drug-likeness (QED) is 0.449. The number of carbonyl (C=O) groups excluding carboxylic acids is 1. The summed E-state index contributed by atoms with van der Waals surface area (Å²) in [5.74, 6) is -0.143. The van der Waals surface area contributed by atoms with Crippen LogP contribution in [0.25, 0.3) is 10.9 Å².